The summed E-state index contributed by atoms with van der Waals surface area (Å²) in [5, 5.41) is 0.630. The van der Waals surface area contributed by atoms with Crippen LogP contribution in [0.3, 0.4) is 0 Å². The number of carbonyl (C=O) groups excluding carboxylic acids is 1. The summed E-state index contributed by atoms with van der Waals surface area (Å²) in [5.74, 6) is 0.535. The Morgan fingerprint density at radius 3 is 2.73 bits per heavy atom. The van der Waals surface area contributed by atoms with Gasteiger partial charge in [0.1, 0.15) is 0 Å². The Balaban J connectivity index is 2.00. The summed E-state index contributed by atoms with van der Waals surface area (Å²) < 4.78 is 23.3. The van der Waals surface area contributed by atoms with Gasteiger partial charge in [-0.15, -0.1) is 11.8 Å². The molecule has 1 aliphatic rings. The highest BCUT2D eigenvalue weighted by molar-refractivity contribution is 8.00. The van der Waals surface area contributed by atoms with Gasteiger partial charge in [-0.2, -0.15) is 0 Å². The van der Waals surface area contributed by atoms with Crippen LogP contribution in [-0.4, -0.2) is 49.1 Å². The predicted molar refractivity (Wildman–Crippen MR) is 91.2 cm³/mol. The second-order valence-electron chi connectivity index (χ2n) is 5.36. The highest BCUT2D eigenvalue weighted by Crippen LogP contribution is 2.27. The van der Waals surface area contributed by atoms with E-state index < -0.39 is 9.84 Å². The van der Waals surface area contributed by atoms with Gasteiger partial charge in [0.15, 0.2) is 9.84 Å². The van der Waals surface area contributed by atoms with Crippen molar-refractivity contribution in [2.75, 3.05) is 23.8 Å². The monoisotopic (exact) mass is 361 g/mol. The Labute approximate surface area is 141 Å². The van der Waals surface area contributed by atoms with Crippen LogP contribution in [0.5, 0.6) is 0 Å². The van der Waals surface area contributed by atoms with Crippen molar-refractivity contribution in [2.45, 2.75) is 30.7 Å². The number of halogens is 1. The topological polar surface area (TPSA) is 54.5 Å². The third-order valence-corrected chi connectivity index (χ3v) is 6.87. The summed E-state index contributed by atoms with van der Waals surface area (Å²) in [6.45, 7) is 2.59. The molecule has 1 heterocycles. The number of thioether (sulfide) groups is 1. The van der Waals surface area contributed by atoms with Crippen LogP contribution in [0.2, 0.25) is 5.02 Å². The van der Waals surface area contributed by atoms with Gasteiger partial charge >= 0.3 is 0 Å². The number of hydrogen-bond donors (Lipinski definition) is 0. The first-order valence-electron chi connectivity index (χ1n) is 7.30. The van der Waals surface area contributed by atoms with E-state index in [1.807, 2.05) is 25.1 Å². The lowest BCUT2D eigenvalue weighted by molar-refractivity contribution is -0.130. The van der Waals surface area contributed by atoms with Crippen LogP contribution in [0.1, 0.15) is 19.8 Å². The molecule has 22 heavy (non-hydrogen) atoms. The first kappa shape index (κ1) is 17.6. The van der Waals surface area contributed by atoms with Crippen LogP contribution in [0.25, 0.3) is 0 Å². The van der Waals surface area contributed by atoms with E-state index in [0.717, 1.165) is 11.3 Å². The predicted octanol–water partition coefficient (Wildman–Crippen LogP) is 2.86. The molecule has 1 aliphatic heterocycles. The molecule has 1 aromatic rings. The molecule has 0 saturated carbocycles. The van der Waals surface area contributed by atoms with E-state index in [1.165, 1.54) is 11.8 Å². The summed E-state index contributed by atoms with van der Waals surface area (Å²) in [6, 6.07) is 7.23. The minimum atomic E-state index is -2.99. The number of hydrogen-bond acceptors (Lipinski definition) is 4. The zero-order valence-corrected chi connectivity index (χ0v) is 14.9. The minimum absolute atomic E-state index is 0.0196. The average molecular weight is 362 g/mol. The van der Waals surface area contributed by atoms with E-state index in [4.69, 9.17) is 11.6 Å². The number of amides is 1. The number of nitrogens with zero attached hydrogens (tertiary/aromatic N) is 1. The minimum Gasteiger partial charge on any atom is -0.338 e. The summed E-state index contributed by atoms with van der Waals surface area (Å²) in [5.41, 5.74) is 0. The first-order valence-corrected chi connectivity index (χ1v) is 10.5. The molecule has 2 rings (SSSR count). The molecule has 1 atom stereocenters. The number of rotatable bonds is 6. The molecule has 122 valence electrons. The molecule has 4 nitrogen and oxygen atoms in total. The van der Waals surface area contributed by atoms with Crippen molar-refractivity contribution in [2.24, 2.45) is 0 Å². The lowest BCUT2D eigenvalue weighted by Gasteiger charge is -2.27. The third kappa shape index (κ3) is 4.64. The van der Waals surface area contributed by atoms with E-state index in [-0.39, 0.29) is 29.2 Å². The van der Waals surface area contributed by atoms with Gasteiger partial charge in [-0.3, -0.25) is 4.79 Å². The summed E-state index contributed by atoms with van der Waals surface area (Å²) in [4.78, 5) is 15.1. The van der Waals surface area contributed by atoms with E-state index in [9.17, 15) is 13.2 Å². The Morgan fingerprint density at radius 1 is 1.41 bits per heavy atom. The maximum Gasteiger partial charge on any atom is 0.233 e. The molecule has 0 bridgehead atoms. The standard InChI is InChI=1S/C15H20ClNO3S2/c1-2-8-17(12-7-9-22(19,20)11-12)15(18)10-21-14-6-4-3-5-13(14)16/h3-6,12H,2,7-11H2,1H3. The van der Waals surface area contributed by atoms with Crippen molar-refractivity contribution >= 4 is 39.1 Å². The SMILES string of the molecule is CCCN(C(=O)CSc1ccccc1Cl)C1CCS(=O)(=O)C1. The van der Waals surface area contributed by atoms with Crippen molar-refractivity contribution in [1.82, 2.24) is 4.90 Å². The summed E-state index contributed by atoms with van der Waals surface area (Å²) >= 11 is 7.48. The molecular weight excluding hydrogens is 342 g/mol. The molecule has 1 unspecified atom stereocenters. The van der Waals surface area contributed by atoms with Gasteiger partial charge in [0.2, 0.25) is 5.91 Å². The second kappa shape index (κ2) is 7.70. The molecule has 0 N–H and O–H groups in total. The smallest absolute Gasteiger partial charge is 0.233 e. The van der Waals surface area contributed by atoms with Crippen LogP contribution in [0.4, 0.5) is 0 Å². The Hall–Kier alpha value is -0.720. The normalized spacial score (nSPS) is 20.0. The van der Waals surface area contributed by atoms with Crippen molar-refractivity contribution in [1.29, 1.82) is 0 Å². The van der Waals surface area contributed by atoms with Crippen LogP contribution in [0, 0.1) is 0 Å². The van der Waals surface area contributed by atoms with Crippen molar-refractivity contribution in [3.63, 3.8) is 0 Å². The Bertz CT molecular complexity index is 633. The van der Waals surface area contributed by atoms with Crippen molar-refractivity contribution in [3.8, 4) is 0 Å². The number of benzene rings is 1. The van der Waals surface area contributed by atoms with Gasteiger partial charge in [0.25, 0.3) is 0 Å². The highest BCUT2D eigenvalue weighted by atomic mass is 35.5. The van der Waals surface area contributed by atoms with Crippen LogP contribution < -0.4 is 0 Å². The summed E-state index contributed by atoms with van der Waals surface area (Å²) in [7, 11) is -2.99. The number of sulfone groups is 1. The molecular formula is C15H20ClNO3S2. The highest BCUT2D eigenvalue weighted by Gasteiger charge is 2.34. The molecule has 7 heteroatoms. The fraction of sp³-hybridized carbons (Fsp3) is 0.533. The van der Waals surface area contributed by atoms with Gasteiger partial charge in [-0.25, -0.2) is 8.42 Å². The zero-order valence-electron chi connectivity index (χ0n) is 12.5. The molecule has 0 aromatic heterocycles. The van der Waals surface area contributed by atoms with E-state index >= 15 is 0 Å². The quantitative estimate of drug-likeness (QED) is 0.731. The molecule has 0 radical (unpaired) electrons. The fourth-order valence-corrected chi connectivity index (χ4v) is 5.41. The maximum absolute atomic E-state index is 12.5. The van der Waals surface area contributed by atoms with Gasteiger partial charge < -0.3 is 4.90 Å². The van der Waals surface area contributed by atoms with Crippen LogP contribution in [0.15, 0.2) is 29.2 Å². The Kier molecular flexibility index (Phi) is 6.17. The molecule has 0 aliphatic carbocycles. The van der Waals surface area contributed by atoms with E-state index in [2.05, 4.69) is 0 Å². The third-order valence-electron chi connectivity index (χ3n) is 3.62. The van der Waals surface area contributed by atoms with E-state index in [1.54, 1.807) is 11.0 Å². The summed E-state index contributed by atoms with van der Waals surface area (Å²) in [6.07, 6.45) is 1.36. The molecule has 1 saturated heterocycles. The van der Waals surface area contributed by atoms with E-state index in [0.29, 0.717) is 18.0 Å². The lowest BCUT2D eigenvalue weighted by Crippen LogP contribution is -2.42. The van der Waals surface area contributed by atoms with Gasteiger partial charge in [-0.1, -0.05) is 30.7 Å². The fourth-order valence-electron chi connectivity index (χ4n) is 2.56. The van der Waals surface area contributed by atoms with Crippen molar-refractivity contribution in [3.05, 3.63) is 29.3 Å². The van der Waals surface area contributed by atoms with Crippen molar-refractivity contribution < 1.29 is 13.2 Å². The molecule has 1 aromatic carbocycles. The number of carbonyl (C=O) groups is 1. The average Bonchev–Trinajstić information content (AvgIpc) is 2.83. The molecule has 1 fully saturated rings. The Morgan fingerprint density at radius 2 is 2.14 bits per heavy atom. The lowest BCUT2D eigenvalue weighted by atomic mass is 10.2. The van der Waals surface area contributed by atoms with Gasteiger partial charge in [0.05, 0.1) is 22.3 Å². The maximum atomic E-state index is 12.5. The van der Waals surface area contributed by atoms with Crippen LogP contribution >= 0.6 is 23.4 Å². The molecule has 1 amide bonds. The van der Waals surface area contributed by atoms with Gasteiger partial charge in [-0.05, 0) is 25.0 Å². The van der Waals surface area contributed by atoms with Gasteiger partial charge in [0, 0.05) is 17.5 Å². The molecule has 0 spiro atoms. The second-order valence-corrected chi connectivity index (χ2v) is 9.02. The zero-order chi connectivity index (χ0) is 16.2. The largest absolute Gasteiger partial charge is 0.338 e. The van der Waals surface area contributed by atoms with Crippen LogP contribution in [-0.2, 0) is 14.6 Å². The first-order chi connectivity index (χ1) is 10.4.